The summed E-state index contributed by atoms with van der Waals surface area (Å²) in [6.45, 7) is 4.92. The molecular weight excluding hydrogens is 450 g/mol. The summed E-state index contributed by atoms with van der Waals surface area (Å²) in [5, 5.41) is 5.62. The van der Waals surface area contributed by atoms with Crippen molar-refractivity contribution < 1.29 is 14.3 Å². The number of nitrogens with zero attached hydrogens (tertiary/aromatic N) is 2. The van der Waals surface area contributed by atoms with E-state index in [9.17, 15) is 4.79 Å². The number of carbonyl (C=O) groups is 1. The highest BCUT2D eigenvalue weighted by molar-refractivity contribution is 8.00. The van der Waals surface area contributed by atoms with Gasteiger partial charge >= 0.3 is 0 Å². The van der Waals surface area contributed by atoms with Crippen LogP contribution in [0.3, 0.4) is 0 Å². The summed E-state index contributed by atoms with van der Waals surface area (Å²) >= 11 is 4.66. The summed E-state index contributed by atoms with van der Waals surface area (Å²) in [5.74, 6) is 0.960. The van der Waals surface area contributed by atoms with Crippen LogP contribution in [-0.2, 0) is 22.6 Å². The van der Waals surface area contributed by atoms with Gasteiger partial charge in [0.1, 0.15) is 15.6 Å². The standard InChI is InChI=1S/C22H25N3O3S3/c1-5-22(2)10-15-16(11-28-22)31-20-18(15)19(24-21(25-20)29-4)30-12-17(26)23-13-6-8-14(27-3)9-7-13/h6-9H,5,10-12H2,1-4H3,(H,23,26)/t22-/m1/s1. The lowest BCUT2D eigenvalue weighted by Crippen LogP contribution is -2.33. The molecule has 1 atom stereocenters. The number of benzene rings is 1. The molecule has 0 radical (unpaired) electrons. The van der Waals surface area contributed by atoms with E-state index in [2.05, 4.69) is 19.2 Å². The molecule has 0 aliphatic carbocycles. The molecule has 0 unspecified atom stereocenters. The number of aromatic nitrogens is 2. The number of anilines is 1. The van der Waals surface area contributed by atoms with Crippen LogP contribution in [-0.4, -0.2) is 40.6 Å². The Kier molecular flexibility index (Phi) is 6.76. The van der Waals surface area contributed by atoms with E-state index in [1.54, 1.807) is 18.4 Å². The molecule has 1 N–H and O–H groups in total. The van der Waals surface area contributed by atoms with E-state index in [1.165, 1.54) is 34.0 Å². The van der Waals surface area contributed by atoms with Gasteiger partial charge in [0.05, 0.1) is 25.1 Å². The zero-order valence-electron chi connectivity index (χ0n) is 18.0. The number of ether oxygens (including phenoxy) is 2. The van der Waals surface area contributed by atoms with Gasteiger partial charge in [0.25, 0.3) is 0 Å². The normalized spacial score (nSPS) is 18.1. The molecular formula is C22H25N3O3S3. The number of rotatable bonds is 7. The smallest absolute Gasteiger partial charge is 0.234 e. The molecule has 31 heavy (non-hydrogen) atoms. The van der Waals surface area contributed by atoms with Crippen molar-refractivity contribution in [2.24, 2.45) is 0 Å². The Morgan fingerprint density at radius 2 is 2.10 bits per heavy atom. The maximum absolute atomic E-state index is 12.6. The maximum atomic E-state index is 12.6. The molecule has 1 amide bonds. The Bertz CT molecular complexity index is 1100. The fourth-order valence-electron chi connectivity index (χ4n) is 3.45. The van der Waals surface area contributed by atoms with Crippen molar-refractivity contribution in [3.8, 4) is 5.75 Å². The van der Waals surface area contributed by atoms with Crippen LogP contribution in [0.2, 0.25) is 0 Å². The molecule has 0 fully saturated rings. The van der Waals surface area contributed by atoms with Gasteiger partial charge in [-0.15, -0.1) is 11.3 Å². The molecule has 0 saturated heterocycles. The lowest BCUT2D eigenvalue weighted by atomic mass is 9.90. The molecule has 2 aromatic heterocycles. The molecule has 164 valence electrons. The number of hydrogen-bond donors (Lipinski definition) is 1. The zero-order valence-corrected chi connectivity index (χ0v) is 20.4. The molecule has 1 aromatic carbocycles. The fraction of sp³-hybridized carbons (Fsp3) is 0.409. The number of hydrogen-bond acceptors (Lipinski definition) is 8. The summed E-state index contributed by atoms with van der Waals surface area (Å²) in [7, 11) is 1.62. The highest BCUT2D eigenvalue weighted by Crippen LogP contribution is 2.43. The highest BCUT2D eigenvalue weighted by Gasteiger charge is 2.33. The van der Waals surface area contributed by atoms with E-state index in [-0.39, 0.29) is 17.3 Å². The van der Waals surface area contributed by atoms with Gasteiger partial charge in [-0.1, -0.05) is 30.4 Å². The number of amides is 1. The minimum absolute atomic E-state index is 0.0709. The van der Waals surface area contributed by atoms with Gasteiger partial charge < -0.3 is 14.8 Å². The molecule has 6 nitrogen and oxygen atoms in total. The van der Waals surface area contributed by atoms with Crippen LogP contribution in [0.5, 0.6) is 5.75 Å². The van der Waals surface area contributed by atoms with Crippen molar-refractivity contribution in [3.05, 3.63) is 34.7 Å². The van der Waals surface area contributed by atoms with E-state index >= 15 is 0 Å². The lowest BCUT2D eigenvalue weighted by Gasteiger charge is -2.33. The van der Waals surface area contributed by atoms with E-state index < -0.39 is 0 Å². The molecule has 1 aliphatic heterocycles. The first-order chi connectivity index (χ1) is 14.9. The Balaban J connectivity index is 1.57. The third-order valence-electron chi connectivity index (χ3n) is 5.43. The molecule has 3 aromatic rings. The quantitative estimate of drug-likeness (QED) is 0.279. The van der Waals surface area contributed by atoms with Crippen molar-refractivity contribution in [2.75, 3.05) is 24.4 Å². The van der Waals surface area contributed by atoms with Crippen molar-refractivity contribution in [1.82, 2.24) is 9.97 Å². The van der Waals surface area contributed by atoms with E-state index in [0.717, 1.165) is 44.7 Å². The van der Waals surface area contributed by atoms with E-state index in [1.807, 2.05) is 30.5 Å². The Morgan fingerprint density at radius 3 is 2.77 bits per heavy atom. The third-order valence-corrected chi connectivity index (χ3v) is 8.05. The Hall–Kier alpha value is -1.81. The van der Waals surface area contributed by atoms with Gasteiger partial charge in [0.15, 0.2) is 5.16 Å². The average Bonchev–Trinajstić information content (AvgIpc) is 3.15. The van der Waals surface area contributed by atoms with Crippen LogP contribution in [0.1, 0.15) is 30.7 Å². The maximum Gasteiger partial charge on any atom is 0.234 e. The van der Waals surface area contributed by atoms with Crippen LogP contribution < -0.4 is 10.1 Å². The van der Waals surface area contributed by atoms with Crippen LogP contribution >= 0.6 is 34.9 Å². The number of thiophene rings is 1. The number of methoxy groups -OCH3 is 1. The minimum Gasteiger partial charge on any atom is -0.497 e. The Morgan fingerprint density at radius 1 is 1.32 bits per heavy atom. The summed E-state index contributed by atoms with van der Waals surface area (Å²) in [6, 6.07) is 7.31. The number of fused-ring (bicyclic) bond motifs is 3. The van der Waals surface area contributed by atoms with Gasteiger partial charge in [-0.05, 0) is 49.4 Å². The third kappa shape index (κ3) is 4.84. The molecule has 4 rings (SSSR count). The van der Waals surface area contributed by atoms with Crippen molar-refractivity contribution in [1.29, 1.82) is 0 Å². The van der Waals surface area contributed by atoms with Crippen molar-refractivity contribution in [2.45, 2.75) is 49.1 Å². The molecule has 1 aliphatic rings. The fourth-order valence-corrected chi connectivity index (χ4v) is 5.95. The van der Waals surface area contributed by atoms with E-state index in [4.69, 9.17) is 19.4 Å². The zero-order chi connectivity index (χ0) is 22.0. The average molecular weight is 476 g/mol. The van der Waals surface area contributed by atoms with Gasteiger partial charge in [-0.2, -0.15) is 0 Å². The van der Waals surface area contributed by atoms with E-state index in [0.29, 0.717) is 6.61 Å². The predicted molar refractivity (Wildman–Crippen MR) is 129 cm³/mol. The van der Waals surface area contributed by atoms with Gasteiger partial charge in [-0.25, -0.2) is 9.97 Å². The first kappa shape index (κ1) is 22.4. The monoisotopic (exact) mass is 475 g/mol. The van der Waals surface area contributed by atoms with Crippen LogP contribution in [0.15, 0.2) is 34.4 Å². The summed E-state index contributed by atoms with van der Waals surface area (Å²) in [6.07, 6.45) is 3.75. The second-order valence-electron chi connectivity index (χ2n) is 7.53. The molecule has 0 bridgehead atoms. The van der Waals surface area contributed by atoms with Crippen molar-refractivity contribution >= 4 is 56.7 Å². The first-order valence-corrected chi connectivity index (χ1v) is 13.0. The largest absolute Gasteiger partial charge is 0.497 e. The highest BCUT2D eigenvalue weighted by atomic mass is 32.2. The molecule has 0 spiro atoms. The number of thioether (sulfide) groups is 2. The topological polar surface area (TPSA) is 73.3 Å². The van der Waals surface area contributed by atoms with Crippen LogP contribution in [0.25, 0.3) is 10.2 Å². The second-order valence-corrected chi connectivity index (χ2v) is 10.4. The van der Waals surface area contributed by atoms with Gasteiger partial charge in [-0.3, -0.25) is 4.79 Å². The van der Waals surface area contributed by atoms with Crippen LogP contribution in [0.4, 0.5) is 5.69 Å². The first-order valence-electron chi connectivity index (χ1n) is 10.0. The number of nitrogens with one attached hydrogen (secondary N) is 1. The Labute approximate surface area is 194 Å². The van der Waals surface area contributed by atoms with Gasteiger partial charge in [0, 0.05) is 22.4 Å². The summed E-state index contributed by atoms with van der Waals surface area (Å²) in [5.41, 5.74) is 1.85. The van der Waals surface area contributed by atoms with Gasteiger partial charge in [0.2, 0.25) is 5.91 Å². The minimum atomic E-state index is -0.174. The summed E-state index contributed by atoms with van der Waals surface area (Å²) in [4.78, 5) is 24.3. The molecule has 3 heterocycles. The molecule has 9 heteroatoms. The summed E-state index contributed by atoms with van der Waals surface area (Å²) < 4.78 is 11.3. The van der Waals surface area contributed by atoms with Crippen LogP contribution in [0, 0.1) is 0 Å². The lowest BCUT2D eigenvalue weighted by molar-refractivity contribution is -0.113. The van der Waals surface area contributed by atoms with Crippen molar-refractivity contribution in [3.63, 3.8) is 0 Å². The molecule has 0 saturated carbocycles. The second kappa shape index (κ2) is 9.36. The predicted octanol–water partition coefficient (Wildman–Crippen LogP) is 5.39. The number of carbonyl (C=O) groups excluding carboxylic acids is 1. The SMILES string of the molecule is CC[C@]1(C)Cc2c(sc3nc(SC)nc(SCC(=O)Nc4ccc(OC)cc4)c23)CO1.